The number of fused-ring (bicyclic) bond motifs is 1. The average Bonchev–Trinajstić information content (AvgIpc) is 2.85. The number of benzene rings is 1. The summed E-state index contributed by atoms with van der Waals surface area (Å²) < 4.78 is 7.21. The van der Waals surface area contributed by atoms with E-state index in [9.17, 15) is 0 Å². The highest BCUT2D eigenvalue weighted by Crippen LogP contribution is 2.21. The highest BCUT2D eigenvalue weighted by molar-refractivity contribution is 6.16. The molecule has 108 valence electrons. The van der Waals surface area contributed by atoms with Crippen LogP contribution in [0.5, 0.6) is 5.88 Å². The maximum atomic E-state index is 6.04. The summed E-state index contributed by atoms with van der Waals surface area (Å²) in [4.78, 5) is 8.85. The van der Waals surface area contributed by atoms with Crippen LogP contribution in [0.2, 0.25) is 0 Å². The number of hydrogen-bond acceptors (Lipinski definition) is 3. The Labute approximate surface area is 128 Å². The van der Waals surface area contributed by atoms with Crippen LogP contribution in [0.1, 0.15) is 17.0 Å². The largest absolute Gasteiger partial charge is 0.481 e. The van der Waals surface area contributed by atoms with Gasteiger partial charge in [0.15, 0.2) is 0 Å². The van der Waals surface area contributed by atoms with Crippen LogP contribution < -0.4 is 4.74 Å². The number of nitrogens with zero attached hydrogens (tertiary/aromatic N) is 3. The number of methoxy groups -OCH3 is 1. The van der Waals surface area contributed by atoms with E-state index in [1.807, 2.05) is 18.3 Å². The first-order valence-corrected chi connectivity index (χ1v) is 7.25. The summed E-state index contributed by atoms with van der Waals surface area (Å²) in [5.41, 5.74) is 4.35. The van der Waals surface area contributed by atoms with E-state index in [2.05, 4.69) is 39.7 Å². The SMILES string of the molecule is COc1ccc(Cn2c(CCl)nc3cc(C)ccc32)cn1. The third-order valence-corrected chi connectivity index (χ3v) is 3.69. The molecule has 3 rings (SSSR count). The Morgan fingerprint density at radius 3 is 2.76 bits per heavy atom. The van der Waals surface area contributed by atoms with E-state index in [0.717, 1.165) is 22.4 Å². The van der Waals surface area contributed by atoms with Crippen LogP contribution >= 0.6 is 11.6 Å². The molecule has 0 atom stereocenters. The highest BCUT2D eigenvalue weighted by atomic mass is 35.5. The molecule has 0 aliphatic heterocycles. The lowest BCUT2D eigenvalue weighted by atomic mass is 10.2. The Morgan fingerprint density at radius 1 is 1.24 bits per heavy atom. The van der Waals surface area contributed by atoms with Crippen LogP contribution in [0, 0.1) is 6.92 Å². The molecule has 1 aromatic carbocycles. The Hall–Kier alpha value is -2.07. The van der Waals surface area contributed by atoms with Crippen molar-refractivity contribution in [1.82, 2.24) is 14.5 Å². The van der Waals surface area contributed by atoms with Gasteiger partial charge in [-0.25, -0.2) is 9.97 Å². The summed E-state index contributed by atoms with van der Waals surface area (Å²) in [5.74, 6) is 1.87. The van der Waals surface area contributed by atoms with Gasteiger partial charge in [0.25, 0.3) is 0 Å². The molecule has 5 heteroatoms. The minimum atomic E-state index is 0.386. The lowest BCUT2D eigenvalue weighted by molar-refractivity contribution is 0.397. The van der Waals surface area contributed by atoms with Crippen molar-refractivity contribution in [2.45, 2.75) is 19.3 Å². The van der Waals surface area contributed by atoms with Crippen molar-refractivity contribution in [2.75, 3.05) is 7.11 Å². The van der Waals surface area contributed by atoms with Crippen LogP contribution in [-0.2, 0) is 12.4 Å². The highest BCUT2D eigenvalue weighted by Gasteiger charge is 2.10. The zero-order valence-corrected chi connectivity index (χ0v) is 12.8. The second-order valence-corrected chi connectivity index (χ2v) is 5.22. The van der Waals surface area contributed by atoms with Crippen molar-refractivity contribution in [3.63, 3.8) is 0 Å². The average molecular weight is 302 g/mol. The minimum absolute atomic E-state index is 0.386. The standard InChI is InChI=1S/C16H16ClN3O/c1-11-3-5-14-13(7-11)19-15(8-17)20(14)10-12-4-6-16(21-2)18-9-12/h3-7,9H,8,10H2,1-2H3. The zero-order valence-electron chi connectivity index (χ0n) is 12.0. The number of aromatic nitrogens is 3. The van der Waals surface area contributed by atoms with E-state index < -0.39 is 0 Å². The van der Waals surface area contributed by atoms with Crippen LogP contribution in [0.25, 0.3) is 11.0 Å². The van der Waals surface area contributed by atoms with Crippen LogP contribution in [-0.4, -0.2) is 21.6 Å². The molecule has 0 spiro atoms. The van der Waals surface area contributed by atoms with Gasteiger partial charge in [0, 0.05) is 12.3 Å². The number of halogens is 1. The van der Waals surface area contributed by atoms with E-state index in [0.29, 0.717) is 18.3 Å². The fourth-order valence-electron chi connectivity index (χ4n) is 2.38. The van der Waals surface area contributed by atoms with Gasteiger partial charge in [0.2, 0.25) is 5.88 Å². The fraction of sp³-hybridized carbons (Fsp3) is 0.250. The van der Waals surface area contributed by atoms with E-state index in [1.165, 1.54) is 5.56 Å². The molecule has 0 saturated heterocycles. The van der Waals surface area contributed by atoms with E-state index in [-0.39, 0.29) is 0 Å². The Kier molecular flexibility index (Phi) is 3.80. The molecule has 0 radical (unpaired) electrons. The lowest BCUT2D eigenvalue weighted by Gasteiger charge is -2.08. The third kappa shape index (κ3) is 2.72. The van der Waals surface area contributed by atoms with Gasteiger partial charge in [-0.1, -0.05) is 12.1 Å². The second kappa shape index (κ2) is 5.74. The maximum absolute atomic E-state index is 6.04. The molecule has 0 unspecified atom stereocenters. The molecular formula is C16H16ClN3O. The number of imidazole rings is 1. The van der Waals surface area contributed by atoms with Crippen molar-refractivity contribution < 1.29 is 4.74 Å². The molecule has 0 aliphatic rings. The smallest absolute Gasteiger partial charge is 0.212 e. The number of pyridine rings is 1. The topological polar surface area (TPSA) is 39.9 Å². The van der Waals surface area contributed by atoms with E-state index >= 15 is 0 Å². The lowest BCUT2D eigenvalue weighted by Crippen LogP contribution is -2.04. The monoisotopic (exact) mass is 301 g/mol. The maximum Gasteiger partial charge on any atom is 0.212 e. The normalized spacial score (nSPS) is 11.0. The Bertz CT molecular complexity index is 765. The summed E-state index contributed by atoms with van der Waals surface area (Å²) in [6.07, 6.45) is 1.82. The molecule has 0 fully saturated rings. The number of ether oxygens (including phenoxy) is 1. The number of rotatable bonds is 4. The van der Waals surface area contributed by atoms with Gasteiger partial charge < -0.3 is 9.30 Å². The summed E-state index contributed by atoms with van der Waals surface area (Å²) in [6, 6.07) is 10.1. The van der Waals surface area contributed by atoms with Crippen molar-refractivity contribution in [2.24, 2.45) is 0 Å². The van der Waals surface area contributed by atoms with Gasteiger partial charge in [-0.3, -0.25) is 0 Å². The predicted molar refractivity (Wildman–Crippen MR) is 83.9 cm³/mol. The van der Waals surface area contributed by atoms with Gasteiger partial charge in [0.05, 0.1) is 30.6 Å². The quantitative estimate of drug-likeness (QED) is 0.692. The molecule has 0 amide bonds. The molecule has 0 bridgehead atoms. The minimum Gasteiger partial charge on any atom is -0.481 e. The van der Waals surface area contributed by atoms with Crippen LogP contribution in [0.4, 0.5) is 0 Å². The van der Waals surface area contributed by atoms with Gasteiger partial charge in [-0.2, -0.15) is 0 Å². The van der Waals surface area contributed by atoms with E-state index in [1.54, 1.807) is 7.11 Å². The second-order valence-electron chi connectivity index (χ2n) is 4.95. The summed E-state index contributed by atoms with van der Waals surface area (Å²) >= 11 is 6.04. The molecule has 21 heavy (non-hydrogen) atoms. The molecule has 3 aromatic rings. The van der Waals surface area contributed by atoms with Crippen LogP contribution in [0.15, 0.2) is 36.5 Å². The summed E-state index contributed by atoms with van der Waals surface area (Å²) in [5, 5.41) is 0. The van der Waals surface area contributed by atoms with E-state index in [4.69, 9.17) is 16.3 Å². The number of hydrogen-bond donors (Lipinski definition) is 0. The first kappa shape index (κ1) is 13.9. The summed E-state index contributed by atoms with van der Waals surface area (Å²) in [6.45, 7) is 2.75. The molecular weight excluding hydrogens is 286 g/mol. The van der Waals surface area contributed by atoms with Gasteiger partial charge in [-0.15, -0.1) is 11.6 Å². The predicted octanol–water partition coefficient (Wildman–Crippen LogP) is 3.54. The third-order valence-electron chi connectivity index (χ3n) is 3.45. The summed E-state index contributed by atoms with van der Waals surface area (Å²) in [7, 11) is 1.61. The van der Waals surface area contributed by atoms with Crippen molar-refractivity contribution in [1.29, 1.82) is 0 Å². The van der Waals surface area contributed by atoms with Crippen molar-refractivity contribution >= 4 is 22.6 Å². The molecule has 0 N–H and O–H groups in total. The van der Waals surface area contributed by atoms with Gasteiger partial charge in [-0.05, 0) is 30.2 Å². The molecule has 0 saturated carbocycles. The molecule has 2 heterocycles. The van der Waals surface area contributed by atoms with Crippen molar-refractivity contribution in [3.8, 4) is 5.88 Å². The first-order valence-electron chi connectivity index (χ1n) is 6.72. The molecule has 0 aliphatic carbocycles. The first-order chi connectivity index (χ1) is 10.2. The fourth-order valence-corrected chi connectivity index (χ4v) is 2.58. The zero-order chi connectivity index (χ0) is 14.8. The molecule has 4 nitrogen and oxygen atoms in total. The van der Waals surface area contributed by atoms with Gasteiger partial charge in [0.1, 0.15) is 5.82 Å². The Balaban J connectivity index is 2.01. The molecule has 2 aromatic heterocycles. The Morgan fingerprint density at radius 2 is 2.10 bits per heavy atom. The number of aryl methyl sites for hydroxylation is 1. The number of alkyl halides is 1. The van der Waals surface area contributed by atoms with Crippen LogP contribution in [0.3, 0.4) is 0 Å². The van der Waals surface area contributed by atoms with Crippen molar-refractivity contribution in [3.05, 3.63) is 53.5 Å². The van der Waals surface area contributed by atoms with Gasteiger partial charge >= 0.3 is 0 Å².